The Hall–Kier alpha value is 1.19. The van der Waals surface area contributed by atoms with Crippen molar-refractivity contribution in [2.45, 2.75) is 19.3 Å². The van der Waals surface area contributed by atoms with Gasteiger partial charge in [-0.05, 0) is 25.3 Å². The van der Waals surface area contributed by atoms with E-state index in [1.165, 1.54) is 6.08 Å². The maximum absolute atomic E-state index is 12.1. The molecule has 1 unspecified atom stereocenters. The van der Waals surface area contributed by atoms with Crippen LogP contribution in [0.15, 0.2) is 11.5 Å². The third-order valence-corrected chi connectivity index (χ3v) is 2.31. The van der Waals surface area contributed by atoms with E-state index in [2.05, 4.69) is 0 Å². The second-order valence-corrected chi connectivity index (χ2v) is 3.23. The predicted molar refractivity (Wildman–Crippen MR) is 43.6 cm³/mol. The van der Waals surface area contributed by atoms with Crippen LogP contribution >= 0.6 is 0 Å². The number of hydrogen-bond donors (Lipinski definition) is 1. The molecule has 0 bridgehead atoms. The molecule has 0 aliphatic heterocycles. The molecular formula is C7H12BF3KN. The van der Waals surface area contributed by atoms with Crippen LogP contribution in [0.3, 0.4) is 0 Å². The van der Waals surface area contributed by atoms with Gasteiger partial charge in [-0.15, -0.1) is 11.5 Å². The Bertz CT molecular complexity index is 193. The van der Waals surface area contributed by atoms with Gasteiger partial charge in [-0.25, -0.2) is 0 Å². The zero-order valence-electron chi connectivity index (χ0n) is 7.77. The van der Waals surface area contributed by atoms with Crippen molar-refractivity contribution in [3.8, 4) is 0 Å². The Morgan fingerprint density at radius 1 is 1.46 bits per heavy atom. The Morgan fingerprint density at radius 3 is 2.38 bits per heavy atom. The summed E-state index contributed by atoms with van der Waals surface area (Å²) in [5.41, 5.74) is 5.03. The molecule has 0 radical (unpaired) electrons. The minimum absolute atomic E-state index is 0. The Morgan fingerprint density at radius 2 is 2.08 bits per heavy atom. The molecule has 0 aromatic carbocycles. The number of hydrogen-bond acceptors (Lipinski definition) is 1. The van der Waals surface area contributed by atoms with Crippen LogP contribution in [0.25, 0.3) is 0 Å². The van der Waals surface area contributed by atoms with Crippen LogP contribution in [0.4, 0.5) is 12.9 Å². The summed E-state index contributed by atoms with van der Waals surface area (Å²) >= 11 is 0. The summed E-state index contributed by atoms with van der Waals surface area (Å²) in [7, 11) is 0. The SMILES string of the molecule is NCC1CC=C([B-](F)(F)F)CC1.[K+]. The van der Waals surface area contributed by atoms with E-state index in [0.29, 0.717) is 19.4 Å². The van der Waals surface area contributed by atoms with Crippen molar-refractivity contribution in [2.75, 3.05) is 6.54 Å². The number of nitrogens with two attached hydrogens (primary N) is 1. The molecule has 1 rings (SSSR count). The Labute approximate surface area is 119 Å². The molecule has 70 valence electrons. The van der Waals surface area contributed by atoms with Crippen LogP contribution in [0.2, 0.25) is 0 Å². The number of rotatable bonds is 2. The summed E-state index contributed by atoms with van der Waals surface area (Å²) in [5, 5.41) is 0. The van der Waals surface area contributed by atoms with Crippen LogP contribution < -0.4 is 57.1 Å². The molecule has 0 fully saturated rings. The zero-order chi connectivity index (χ0) is 9.19. The van der Waals surface area contributed by atoms with Gasteiger partial charge in [0.25, 0.3) is 0 Å². The normalized spacial score (nSPS) is 23.4. The third kappa shape index (κ3) is 4.49. The molecule has 1 aliphatic carbocycles. The Kier molecular flexibility index (Phi) is 6.47. The fourth-order valence-corrected chi connectivity index (χ4v) is 1.42. The van der Waals surface area contributed by atoms with E-state index in [9.17, 15) is 12.9 Å². The minimum atomic E-state index is -4.73. The molecule has 0 amide bonds. The van der Waals surface area contributed by atoms with Gasteiger partial charge in [0.05, 0.1) is 0 Å². The molecule has 13 heavy (non-hydrogen) atoms. The average molecular weight is 217 g/mol. The van der Waals surface area contributed by atoms with E-state index in [0.717, 1.165) is 0 Å². The first-order valence-electron chi connectivity index (χ1n) is 4.13. The van der Waals surface area contributed by atoms with Gasteiger partial charge < -0.3 is 18.7 Å². The molecule has 0 spiro atoms. The fraction of sp³-hybridized carbons (Fsp3) is 0.714. The van der Waals surface area contributed by atoms with Gasteiger partial charge in [0, 0.05) is 0 Å². The molecule has 1 atom stereocenters. The summed E-state index contributed by atoms with van der Waals surface area (Å²) in [4.78, 5) is 0. The molecular weight excluding hydrogens is 205 g/mol. The number of halogens is 3. The van der Waals surface area contributed by atoms with Crippen molar-refractivity contribution in [3.63, 3.8) is 0 Å². The molecule has 0 saturated heterocycles. The average Bonchev–Trinajstić information content (AvgIpc) is 2.03. The topological polar surface area (TPSA) is 26.0 Å². The van der Waals surface area contributed by atoms with Gasteiger partial charge in [-0.2, -0.15) is 0 Å². The van der Waals surface area contributed by atoms with Crippen LogP contribution in [0.1, 0.15) is 19.3 Å². The minimum Gasteiger partial charge on any atom is -0.445 e. The molecule has 0 heterocycles. The largest absolute Gasteiger partial charge is 1.00 e. The first-order valence-corrected chi connectivity index (χ1v) is 4.13. The molecule has 0 aromatic rings. The van der Waals surface area contributed by atoms with Gasteiger partial charge in [0.1, 0.15) is 0 Å². The van der Waals surface area contributed by atoms with Gasteiger partial charge in [-0.1, -0.05) is 6.42 Å². The molecule has 1 nitrogen and oxygen atoms in total. The molecule has 1 aliphatic rings. The standard InChI is InChI=1S/C7H12BF3N.K/c9-8(10,11)7-3-1-6(5-12)2-4-7;/h3,6H,1-2,4-5,12H2;/q-1;+1. The van der Waals surface area contributed by atoms with E-state index in [1.54, 1.807) is 0 Å². The molecule has 0 saturated carbocycles. The van der Waals surface area contributed by atoms with E-state index in [4.69, 9.17) is 5.73 Å². The number of allylic oxidation sites excluding steroid dienone is 2. The van der Waals surface area contributed by atoms with Crippen LogP contribution in [-0.4, -0.2) is 13.5 Å². The van der Waals surface area contributed by atoms with E-state index in [1.807, 2.05) is 0 Å². The summed E-state index contributed by atoms with van der Waals surface area (Å²) in [6, 6.07) is 0. The summed E-state index contributed by atoms with van der Waals surface area (Å²) in [5.74, 6) is 0.256. The first kappa shape index (κ1) is 14.2. The summed E-state index contributed by atoms with van der Waals surface area (Å²) in [6.07, 6.45) is 2.54. The van der Waals surface area contributed by atoms with Gasteiger partial charge in [0.15, 0.2) is 0 Å². The summed E-state index contributed by atoms with van der Waals surface area (Å²) in [6.45, 7) is -4.24. The molecule has 2 N–H and O–H groups in total. The smallest absolute Gasteiger partial charge is 0.445 e. The molecule has 0 aromatic heterocycles. The van der Waals surface area contributed by atoms with Crippen LogP contribution in [0.5, 0.6) is 0 Å². The van der Waals surface area contributed by atoms with Crippen molar-refractivity contribution in [1.29, 1.82) is 0 Å². The second kappa shape index (κ2) is 5.92. The first-order chi connectivity index (χ1) is 5.54. The van der Waals surface area contributed by atoms with Crippen LogP contribution in [0, 0.1) is 5.92 Å². The quantitative estimate of drug-likeness (QED) is 0.594. The van der Waals surface area contributed by atoms with Crippen molar-refractivity contribution in [2.24, 2.45) is 11.7 Å². The maximum atomic E-state index is 12.1. The second-order valence-electron chi connectivity index (χ2n) is 3.23. The third-order valence-electron chi connectivity index (χ3n) is 2.31. The van der Waals surface area contributed by atoms with Crippen molar-refractivity contribution < 1.29 is 64.3 Å². The van der Waals surface area contributed by atoms with Crippen molar-refractivity contribution in [1.82, 2.24) is 0 Å². The maximum Gasteiger partial charge on any atom is 1.00 e. The summed E-state index contributed by atoms with van der Waals surface area (Å²) < 4.78 is 36.4. The van der Waals surface area contributed by atoms with E-state index >= 15 is 0 Å². The monoisotopic (exact) mass is 217 g/mol. The predicted octanol–water partition coefficient (Wildman–Crippen LogP) is -0.938. The Balaban J connectivity index is 0.00000144. The van der Waals surface area contributed by atoms with Crippen molar-refractivity contribution >= 4 is 6.98 Å². The fourth-order valence-electron chi connectivity index (χ4n) is 1.42. The van der Waals surface area contributed by atoms with Gasteiger partial charge in [0.2, 0.25) is 0 Å². The van der Waals surface area contributed by atoms with E-state index in [-0.39, 0.29) is 69.2 Å². The van der Waals surface area contributed by atoms with Crippen molar-refractivity contribution in [3.05, 3.63) is 11.5 Å². The van der Waals surface area contributed by atoms with Crippen LogP contribution in [-0.2, 0) is 0 Å². The van der Waals surface area contributed by atoms with Gasteiger partial charge in [-0.3, -0.25) is 0 Å². The molecule has 6 heteroatoms. The zero-order valence-corrected chi connectivity index (χ0v) is 10.9. The van der Waals surface area contributed by atoms with Gasteiger partial charge >= 0.3 is 58.4 Å². The van der Waals surface area contributed by atoms with E-state index < -0.39 is 6.98 Å².